The van der Waals surface area contributed by atoms with Crippen molar-refractivity contribution in [2.24, 2.45) is 29.6 Å². The van der Waals surface area contributed by atoms with Gasteiger partial charge in [0.2, 0.25) is 0 Å². The standard InChI is InChI=1S/C24H34O5/c1-3-19-8-6-10-22(26)15(2)23(27)20-12-11-17-14-18(25)13-16(17)7-4-5-9-21(20)24(28)29-19/h4-5,7,9,11-12,15-22,25-26H,3,6,8,10,13-14H2,1-2H3/b7-4-,9-5+,12-11+/t15-,16-,17-,18-,19+,20+,21-,22+/m1/s1. The number of aliphatic hydroxyl groups is 2. The Morgan fingerprint density at radius 3 is 2.38 bits per heavy atom. The number of allylic oxidation sites excluding steroid dienone is 5. The second-order valence-electron chi connectivity index (χ2n) is 8.82. The lowest BCUT2D eigenvalue weighted by Gasteiger charge is -2.26. The van der Waals surface area contributed by atoms with E-state index in [4.69, 9.17) is 4.74 Å². The quantitative estimate of drug-likeness (QED) is 0.519. The summed E-state index contributed by atoms with van der Waals surface area (Å²) in [5.74, 6) is -2.09. The van der Waals surface area contributed by atoms with Crippen LogP contribution in [0.3, 0.4) is 0 Å². The van der Waals surface area contributed by atoms with Crippen molar-refractivity contribution >= 4 is 11.8 Å². The Hall–Kier alpha value is -1.72. The summed E-state index contributed by atoms with van der Waals surface area (Å²) in [5.41, 5.74) is 0. The van der Waals surface area contributed by atoms with Gasteiger partial charge in [-0.1, -0.05) is 50.3 Å². The van der Waals surface area contributed by atoms with E-state index >= 15 is 0 Å². The van der Waals surface area contributed by atoms with Crippen LogP contribution in [0.25, 0.3) is 0 Å². The monoisotopic (exact) mass is 402 g/mol. The summed E-state index contributed by atoms with van der Waals surface area (Å²) in [7, 11) is 0. The van der Waals surface area contributed by atoms with Crippen molar-refractivity contribution in [3.8, 4) is 0 Å². The number of rotatable bonds is 1. The maximum atomic E-state index is 13.3. The molecule has 0 radical (unpaired) electrons. The molecule has 0 aromatic heterocycles. The van der Waals surface area contributed by atoms with Crippen molar-refractivity contribution in [2.75, 3.05) is 0 Å². The number of cyclic esters (lactones) is 1. The van der Waals surface area contributed by atoms with Crippen molar-refractivity contribution in [1.29, 1.82) is 0 Å². The van der Waals surface area contributed by atoms with Crippen LogP contribution < -0.4 is 0 Å². The van der Waals surface area contributed by atoms with Gasteiger partial charge in [-0.25, -0.2) is 0 Å². The highest BCUT2D eigenvalue weighted by Crippen LogP contribution is 2.36. The average molecular weight is 403 g/mol. The van der Waals surface area contributed by atoms with Gasteiger partial charge in [0.25, 0.3) is 0 Å². The second kappa shape index (κ2) is 9.86. The van der Waals surface area contributed by atoms with Crippen molar-refractivity contribution in [3.05, 3.63) is 36.5 Å². The Morgan fingerprint density at radius 1 is 0.966 bits per heavy atom. The second-order valence-corrected chi connectivity index (χ2v) is 8.82. The first-order chi connectivity index (χ1) is 13.9. The molecule has 2 aliphatic carbocycles. The summed E-state index contributed by atoms with van der Waals surface area (Å²) in [6.45, 7) is 3.74. The zero-order valence-electron chi connectivity index (χ0n) is 17.4. The molecule has 2 N–H and O–H groups in total. The van der Waals surface area contributed by atoms with E-state index in [9.17, 15) is 19.8 Å². The number of aliphatic hydroxyl groups excluding tert-OH is 2. The van der Waals surface area contributed by atoms with Gasteiger partial charge in [0.05, 0.1) is 24.0 Å². The van der Waals surface area contributed by atoms with E-state index in [1.165, 1.54) is 0 Å². The summed E-state index contributed by atoms with van der Waals surface area (Å²) in [4.78, 5) is 26.4. The van der Waals surface area contributed by atoms with E-state index in [-0.39, 0.29) is 35.8 Å². The fraction of sp³-hybridized carbons (Fsp3) is 0.667. The van der Waals surface area contributed by atoms with Crippen LogP contribution in [0.1, 0.15) is 52.4 Å². The van der Waals surface area contributed by atoms with Crippen LogP contribution in [0.5, 0.6) is 0 Å². The predicted octanol–water partition coefficient (Wildman–Crippen LogP) is 3.36. The topological polar surface area (TPSA) is 83.8 Å². The van der Waals surface area contributed by atoms with Gasteiger partial charge >= 0.3 is 5.97 Å². The molecule has 2 fully saturated rings. The molecule has 0 spiro atoms. The number of hydrogen-bond donors (Lipinski definition) is 2. The van der Waals surface area contributed by atoms with E-state index in [1.54, 1.807) is 13.0 Å². The molecule has 3 rings (SSSR count). The van der Waals surface area contributed by atoms with E-state index in [2.05, 4.69) is 6.08 Å². The van der Waals surface area contributed by atoms with Gasteiger partial charge < -0.3 is 14.9 Å². The van der Waals surface area contributed by atoms with Gasteiger partial charge in [-0.3, -0.25) is 9.59 Å². The molecule has 5 heteroatoms. The van der Waals surface area contributed by atoms with Crippen LogP contribution in [-0.2, 0) is 14.3 Å². The molecule has 8 atom stereocenters. The van der Waals surface area contributed by atoms with Crippen LogP contribution in [-0.4, -0.2) is 40.3 Å². The first-order valence-corrected chi connectivity index (χ1v) is 11.0. The van der Waals surface area contributed by atoms with Crippen LogP contribution in [0.2, 0.25) is 0 Å². The zero-order chi connectivity index (χ0) is 21.0. The molecule has 5 nitrogen and oxygen atoms in total. The van der Waals surface area contributed by atoms with Crippen LogP contribution in [0, 0.1) is 29.6 Å². The number of esters is 1. The highest BCUT2D eigenvalue weighted by molar-refractivity contribution is 5.91. The summed E-state index contributed by atoms with van der Waals surface area (Å²) in [6, 6.07) is 0. The molecular weight excluding hydrogens is 368 g/mol. The van der Waals surface area contributed by atoms with Crippen molar-refractivity contribution in [1.82, 2.24) is 0 Å². The number of fused-ring (bicyclic) bond motifs is 2. The van der Waals surface area contributed by atoms with Gasteiger partial charge in [-0.2, -0.15) is 0 Å². The molecule has 29 heavy (non-hydrogen) atoms. The SMILES string of the molecule is CC[C@H]1CCC[C@H](O)[C@@H](C)C(=O)[C@H]2/C=C/[C@@H]3C[C@H](O)C[C@H]3/C=C\C=C\[C@H]2C(=O)O1. The smallest absolute Gasteiger partial charge is 0.314 e. The lowest BCUT2D eigenvalue weighted by Crippen LogP contribution is -2.36. The lowest BCUT2D eigenvalue weighted by atomic mass is 9.79. The van der Waals surface area contributed by atoms with Crippen molar-refractivity contribution in [2.45, 2.75) is 70.7 Å². The third kappa shape index (κ3) is 5.26. The number of Topliss-reactive ketones (excluding diaryl/α,β-unsaturated/α-hetero) is 1. The molecule has 0 aromatic carbocycles. The third-order valence-corrected chi connectivity index (χ3v) is 6.77. The van der Waals surface area contributed by atoms with Crippen LogP contribution >= 0.6 is 0 Å². The molecule has 0 bridgehead atoms. The predicted molar refractivity (Wildman–Crippen MR) is 111 cm³/mol. The molecule has 1 saturated heterocycles. The Bertz CT molecular complexity index is 679. The molecule has 3 aliphatic rings. The first kappa shape index (κ1) is 22.0. The minimum absolute atomic E-state index is 0.130. The van der Waals surface area contributed by atoms with E-state index in [0.29, 0.717) is 32.1 Å². The van der Waals surface area contributed by atoms with Gasteiger partial charge in [0.1, 0.15) is 11.9 Å². The highest BCUT2D eigenvalue weighted by atomic mass is 16.5. The Balaban J connectivity index is 1.98. The van der Waals surface area contributed by atoms with Gasteiger partial charge in [-0.05, 0) is 50.4 Å². The van der Waals surface area contributed by atoms with Crippen LogP contribution in [0.4, 0.5) is 0 Å². The number of carbonyl (C=O) groups is 2. The largest absolute Gasteiger partial charge is 0.462 e. The van der Waals surface area contributed by atoms with Crippen LogP contribution in [0.15, 0.2) is 36.5 Å². The molecule has 0 aromatic rings. The minimum Gasteiger partial charge on any atom is -0.462 e. The third-order valence-electron chi connectivity index (χ3n) is 6.77. The number of ketones is 1. The fourth-order valence-electron chi connectivity index (χ4n) is 4.79. The molecule has 1 saturated carbocycles. The molecule has 160 valence electrons. The van der Waals surface area contributed by atoms with E-state index < -0.39 is 23.9 Å². The maximum absolute atomic E-state index is 13.3. The summed E-state index contributed by atoms with van der Waals surface area (Å²) < 4.78 is 5.77. The molecule has 0 unspecified atom stereocenters. The fourth-order valence-corrected chi connectivity index (χ4v) is 4.79. The minimum atomic E-state index is -0.720. The van der Waals surface area contributed by atoms with Crippen molar-refractivity contribution in [3.63, 3.8) is 0 Å². The normalized spacial score (nSPS) is 44.6. The van der Waals surface area contributed by atoms with E-state index in [0.717, 1.165) is 6.42 Å². The average Bonchev–Trinajstić information content (AvgIpc) is 3.06. The lowest BCUT2D eigenvalue weighted by molar-refractivity contribution is -0.155. The molecule has 0 amide bonds. The summed E-state index contributed by atoms with van der Waals surface area (Å²) in [6.07, 6.45) is 14.1. The Labute approximate surface area is 173 Å². The van der Waals surface area contributed by atoms with Crippen molar-refractivity contribution < 1.29 is 24.5 Å². The molecule has 1 heterocycles. The highest BCUT2D eigenvalue weighted by Gasteiger charge is 2.38. The Morgan fingerprint density at radius 2 is 1.66 bits per heavy atom. The van der Waals surface area contributed by atoms with Gasteiger partial charge in [0.15, 0.2) is 0 Å². The first-order valence-electron chi connectivity index (χ1n) is 11.0. The summed E-state index contributed by atoms with van der Waals surface area (Å²) >= 11 is 0. The van der Waals surface area contributed by atoms with Gasteiger partial charge in [-0.15, -0.1) is 0 Å². The molecular formula is C24H34O5. The zero-order valence-corrected chi connectivity index (χ0v) is 17.4. The Kier molecular flexibility index (Phi) is 7.47. The maximum Gasteiger partial charge on any atom is 0.314 e. The number of hydrogen-bond acceptors (Lipinski definition) is 5. The van der Waals surface area contributed by atoms with E-state index in [1.807, 2.05) is 31.2 Å². The summed E-state index contributed by atoms with van der Waals surface area (Å²) in [5, 5.41) is 20.6. The number of carbonyl (C=O) groups excluding carboxylic acids is 2. The van der Waals surface area contributed by atoms with Gasteiger partial charge in [0, 0.05) is 5.92 Å². The number of ether oxygens (including phenoxy) is 1. The molecule has 1 aliphatic heterocycles.